The van der Waals surface area contributed by atoms with E-state index in [0.29, 0.717) is 6.54 Å². The maximum atomic E-state index is 5.46. The highest BCUT2D eigenvalue weighted by Crippen LogP contribution is 2.25. The van der Waals surface area contributed by atoms with Crippen molar-refractivity contribution in [2.75, 3.05) is 6.54 Å². The number of hydrogen-bond donors (Lipinski definition) is 1. The fourth-order valence-corrected chi connectivity index (χ4v) is 2.09. The molecule has 0 aliphatic heterocycles. The summed E-state index contributed by atoms with van der Waals surface area (Å²) >= 11 is 1.63. The van der Waals surface area contributed by atoms with Gasteiger partial charge in [-0.2, -0.15) is 0 Å². The SMILES string of the molecule is Cc1cc(-c2nc(CCN)cs2)co1. The largest absolute Gasteiger partial charge is 0.469 e. The lowest BCUT2D eigenvalue weighted by atomic mass is 10.3. The fraction of sp³-hybridized carbons (Fsp3) is 0.300. The van der Waals surface area contributed by atoms with E-state index in [1.807, 2.05) is 18.4 Å². The number of aryl methyl sites for hydroxylation is 1. The molecule has 0 amide bonds. The average Bonchev–Trinajstić information content (AvgIpc) is 2.74. The Morgan fingerprint density at radius 1 is 1.57 bits per heavy atom. The van der Waals surface area contributed by atoms with E-state index in [2.05, 4.69) is 4.98 Å². The van der Waals surface area contributed by atoms with Gasteiger partial charge in [0, 0.05) is 17.4 Å². The van der Waals surface area contributed by atoms with Crippen LogP contribution in [-0.2, 0) is 6.42 Å². The van der Waals surface area contributed by atoms with Gasteiger partial charge < -0.3 is 10.2 Å². The van der Waals surface area contributed by atoms with Crippen molar-refractivity contribution in [3.05, 3.63) is 29.2 Å². The molecule has 2 heterocycles. The summed E-state index contributed by atoms with van der Waals surface area (Å²) in [4.78, 5) is 4.46. The van der Waals surface area contributed by atoms with Gasteiger partial charge in [0.1, 0.15) is 17.0 Å². The molecule has 0 spiro atoms. The number of furan rings is 1. The van der Waals surface area contributed by atoms with Crippen molar-refractivity contribution in [3.8, 4) is 10.6 Å². The number of thiazole rings is 1. The Bertz CT molecular complexity index is 419. The van der Waals surface area contributed by atoms with Crippen molar-refractivity contribution in [3.63, 3.8) is 0 Å². The van der Waals surface area contributed by atoms with Crippen LogP contribution in [0.2, 0.25) is 0 Å². The van der Waals surface area contributed by atoms with Crippen molar-refractivity contribution in [1.82, 2.24) is 4.98 Å². The molecule has 2 aromatic heterocycles. The summed E-state index contributed by atoms with van der Waals surface area (Å²) in [6, 6.07) is 1.99. The average molecular weight is 208 g/mol. The number of rotatable bonds is 3. The lowest BCUT2D eigenvalue weighted by Gasteiger charge is -1.88. The minimum atomic E-state index is 0.646. The van der Waals surface area contributed by atoms with Gasteiger partial charge in [-0.15, -0.1) is 11.3 Å². The lowest BCUT2D eigenvalue weighted by molar-refractivity contribution is 0.535. The lowest BCUT2D eigenvalue weighted by Crippen LogP contribution is -2.02. The smallest absolute Gasteiger partial charge is 0.126 e. The molecule has 0 unspecified atom stereocenters. The second-order valence-corrected chi connectivity index (χ2v) is 3.99. The van der Waals surface area contributed by atoms with Crippen LogP contribution in [0.25, 0.3) is 10.6 Å². The van der Waals surface area contributed by atoms with Crippen molar-refractivity contribution in [2.24, 2.45) is 5.73 Å². The normalized spacial score (nSPS) is 10.7. The van der Waals surface area contributed by atoms with Crippen LogP contribution < -0.4 is 5.73 Å². The van der Waals surface area contributed by atoms with Gasteiger partial charge in [-0.05, 0) is 19.5 Å². The summed E-state index contributed by atoms with van der Waals surface area (Å²) in [5, 5.41) is 3.05. The van der Waals surface area contributed by atoms with Gasteiger partial charge in [0.05, 0.1) is 5.69 Å². The predicted molar refractivity (Wildman–Crippen MR) is 57.3 cm³/mol. The summed E-state index contributed by atoms with van der Waals surface area (Å²) in [7, 11) is 0. The Kier molecular flexibility index (Phi) is 2.65. The van der Waals surface area contributed by atoms with Gasteiger partial charge in [-0.1, -0.05) is 0 Å². The fourth-order valence-electron chi connectivity index (χ4n) is 1.26. The Labute approximate surface area is 86.6 Å². The standard InChI is InChI=1S/C10H12N2OS/c1-7-4-8(5-13-7)10-12-9(2-3-11)6-14-10/h4-6H,2-3,11H2,1H3. The molecule has 0 fully saturated rings. The van der Waals surface area contributed by atoms with Crippen molar-refractivity contribution in [2.45, 2.75) is 13.3 Å². The second kappa shape index (κ2) is 3.94. The summed E-state index contributed by atoms with van der Waals surface area (Å²) in [6.07, 6.45) is 2.58. The number of aromatic nitrogens is 1. The second-order valence-electron chi connectivity index (χ2n) is 3.13. The number of nitrogens with two attached hydrogens (primary N) is 1. The van der Waals surface area contributed by atoms with Gasteiger partial charge in [-0.3, -0.25) is 0 Å². The highest BCUT2D eigenvalue weighted by Gasteiger charge is 2.06. The summed E-state index contributed by atoms with van der Waals surface area (Å²) in [5.41, 5.74) is 7.57. The molecule has 0 aromatic carbocycles. The molecule has 0 saturated heterocycles. The first-order valence-electron chi connectivity index (χ1n) is 4.49. The predicted octanol–water partition coefficient (Wildman–Crippen LogP) is 2.21. The highest BCUT2D eigenvalue weighted by molar-refractivity contribution is 7.13. The maximum Gasteiger partial charge on any atom is 0.126 e. The Balaban J connectivity index is 2.24. The molecule has 0 atom stereocenters. The van der Waals surface area contributed by atoms with E-state index < -0.39 is 0 Å². The van der Waals surface area contributed by atoms with E-state index in [4.69, 9.17) is 10.2 Å². The zero-order valence-corrected chi connectivity index (χ0v) is 8.80. The first kappa shape index (κ1) is 9.43. The van der Waals surface area contributed by atoms with Crippen molar-refractivity contribution in [1.29, 1.82) is 0 Å². The maximum absolute atomic E-state index is 5.46. The van der Waals surface area contributed by atoms with Crippen molar-refractivity contribution >= 4 is 11.3 Å². The molecule has 74 valence electrons. The van der Waals surface area contributed by atoms with Crippen LogP contribution in [0.15, 0.2) is 22.1 Å². The van der Waals surface area contributed by atoms with Crippen LogP contribution in [0.1, 0.15) is 11.5 Å². The molecule has 0 aliphatic carbocycles. The Morgan fingerprint density at radius 3 is 3.07 bits per heavy atom. The minimum absolute atomic E-state index is 0.646. The quantitative estimate of drug-likeness (QED) is 0.841. The molecule has 0 saturated carbocycles. The van der Waals surface area contributed by atoms with Crippen LogP contribution >= 0.6 is 11.3 Å². The van der Waals surface area contributed by atoms with E-state index in [1.54, 1.807) is 17.6 Å². The van der Waals surface area contributed by atoms with Crippen molar-refractivity contribution < 1.29 is 4.42 Å². The third-order valence-corrected chi connectivity index (χ3v) is 2.87. The molecular weight excluding hydrogens is 196 g/mol. The van der Waals surface area contributed by atoms with E-state index in [9.17, 15) is 0 Å². The third kappa shape index (κ3) is 1.86. The molecule has 0 radical (unpaired) electrons. The molecule has 4 heteroatoms. The van der Waals surface area contributed by atoms with E-state index >= 15 is 0 Å². The van der Waals surface area contributed by atoms with Gasteiger partial charge in [0.2, 0.25) is 0 Å². The van der Waals surface area contributed by atoms with E-state index in [1.165, 1.54) is 0 Å². The van der Waals surface area contributed by atoms with E-state index in [-0.39, 0.29) is 0 Å². The van der Waals surface area contributed by atoms with Crippen LogP contribution in [-0.4, -0.2) is 11.5 Å². The zero-order chi connectivity index (χ0) is 9.97. The first-order chi connectivity index (χ1) is 6.79. The van der Waals surface area contributed by atoms with E-state index in [0.717, 1.165) is 28.4 Å². The topological polar surface area (TPSA) is 52.0 Å². The molecule has 2 aromatic rings. The Morgan fingerprint density at radius 2 is 2.43 bits per heavy atom. The monoisotopic (exact) mass is 208 g/mol. The summed E-state index contributed by atoms with van der Waals surface area (Å²) < 4.78 is 5.23. The van der Waals surface area contributed by atoms with Gasteiger partial charge >= 0.3 is 0 Å². The van der Waals surface area contributed by atoms with Crippen LogP contribution in [0.5, 0.6) is 0 Å². The zero-order valence-electron chi connectivity index (χ0n) is 7.99. The first-order valence-corrected chi connectivity index (χ1v) is 5.37. The van der Waals surface area contributed by atoms with Crippen LogP contribution in [0.3, 0.4) is 0 Å². The number of hydrogen-bond acceptors (Lipinski definition) is 4. The molecular formula is C10H12N2OS. The molecule has 0 aliphatic rings. The molecule has 2 N–H and O–H groups in total. The highest BCUT2D eigenvalue weighted by atomic mass is 32.1. The van der Waals surface area contributed by atoms with Crippen LogP contribution in [0, 0.1) is 6.92 Å². The van der Waals surface area contributed by atoms with Gasteiger partial charge in [0.25, 0.3) is 0 Å². The van der Waals surface area contributed by atoms with Crippen LogP contribution in [0.4, 0.5) is 0 Å². The Hall–Kier alpha value is -1.13. The third-order valence-electron chi connectivity index (χ3n) is 1.93. The number of nitrogens with zero attached hydrogens (tertiary/aromatic N) is 1. The molecule has 2 rings (SSSR count). The molecule has 14 heavy (non-hydrogen) atoms. The summed E-state index contributed by atoms with van der Waals surface area (Å²) in [5.74, 6) is 0.913. The minimum Gasteiger partial charge on any atom is -0.469 e. The van der Waals surface area contributed by atoms with Gasteiger partial charge in [0.15, 0.2) is 0 Å². The molecule has 3 nitrogen and oxygen atoms in total. The van der Waals surface area contributed by atoms with Gasteiger partial charge in [-0.25, -0.2) is 4.98 Å². The summed E-state index contributed by atoms with van der Waals surface area (Å²) in [6.45, 7) is 2.57. The molecule has 0 bridgehead atoms.